The minimum atomic E-state index is -0.153. The summed E-state index contributed by atoms with van der Waals surface area (Å²) >= 11 is 0. The minimum absolute atomic E-state index is 0.153. The van der Waals surface area contributed by atoms with Crippen LogP contribution in [0, 0.1) is 5.82 Å². The zero-order valence-electron chi connectivity index (χ0n) is 11.5. The minimum Gasteiger partial charge on any atom is -0.411 e. The van der Waals surface area contributed by atoms with E-state index in [1.807, 2.05) is 12.1 Å². The molecular weight excluding hydrogens is 257 g/mol. The van der Waals surface area contributed by atoms with Crippen LogP contribution in [0.1, 0.15) is 19.3 Å². The Bertz CT molecular complexity index is 498. The first-order valence-electron chi connectivity index (χ1n) is 7.24. The molecule has 0 amide bonds. The lowest BCUT2D eigenvalue weighted by Crippen LogP contribution is -2.51. The number of rotatable bonds is 2. The van der Waals surface area contributed by atoms with Gasteiger partial charge >= 0.3 is 0 Å². The molecular formula is C15H20FN3O. The van der Waals surface area contributed by atoms with E-state index in [0.717, 1.165) is 51.2 Å². The average molecular weight is 277 g/mol. The third-order valence-corrected chi connectivity index (χ3v) is 4.37. The number of nitrogens with zero attached hydrogens (tertiary/aromatic N) is 3. The number of hydrogen-bond donors (Lipinski definition) is 1. The largest absolute Gasteiger partial charge is 0.411 e. The normalized spacial score (nSPS) is 26.4. The molecule has 1 aliphatic carbocycles. The van der Waals surface area contributed by atoms with Gasteiger partial charge in [0.1, 0.15) is 5.82 Å². The predicted molar refractivity (Wildman–Crippen MR) is 77.0 cm³/mol. The molecule has 0 bridgehead atoms. The van der Waals surface area contributed by atoms with Crippen molar-refractivity contribution in [2.75, 3.05) is 31.1 Å². The summed E-state index contributed by atoms with van der Waals surface area (Å²) in [4.78, 5) is 4.45. The van der Waals surface area contributed by atoms with Gasteiger partial charge in [0.05, 0.1) is 17.4 Å². The quantitative estimate of drug-likeness (QED) is 0.666. The molecule has 2 fully saturated rings. The van der Waals surface area contributed by atoms with Crippen LogP contribution in [0.5, 0.6) is 0 Å². The van der Waals surface area contributed by atoms with Gasteiger partial charge < -0.3 is 10.1 Å². The first kappa shape index (κ1) is 13.4. The van der Waals surface area contributed by atoms with Gasteiger partial charge in [-0.05, 0) is 31.4 Å². The van der Waals surface area contributed by atoms with Crippen molar-refractivity contribution >= 4 is 11.4 Å². The molecule has 1 saturated heterocycles. The van der Waals surface area contributed by atoms with E-state index in [0.29, 0.717) is 5.69 Å². The van der Waals surface area contributed by atoms with Crippen LogP contribution in [0.25, 0.3) is 0 Å². The summed E-state index contributed by atoms with van der Waals surface area (Å²) in [5.41, 5.74) is 1.60. The van der Waals surface area contributed by atoms with Crippen LogP contribution in [0.3, 0.4) is 0 Å². The van der Waals surface area contributed by atoms with Crippen LogP contribution in [0.4, 0.5) is 10.1 Å². The van der Waals surface area contributed by atoms with Gasteiger partial charge in [0.2, 0.25) is 0 Å². The van der Waals surface area contributed by atoms with Crippen molar-refractivity contribution in [2.24, 2.45) is 5.16 Å². The molecule has 3 rings (SSSR count). The van der Waals surface area contributed by atoms with Gasteiger partial charge in [-0.15, -0.1) is 0 Å². The topological polar surface area (TPSA) is 39.1 Å². The Hall–Kier alpha value is -1.62. The number of para-hydroxylation sites is 1. The smallest absolute Gasteiger partial charge is 0.146 e. The van der Waals surface area contributed by atoms with Gasteiger partial charge in [0.25, 0.3) is 0 Å². The summed E-state index contributed by atoms with van der Waals surface area (Å²) in [5.74, 6) is -0.153. The molecule has 1 unspecified atom stereocenters. The number of benzene rings is 1. The molecule has 1 aromatic carbocycles. The second-order valence-corrected chi connectivity index (χ2v) is 5.47. The van der Waals surface area contributed by atoms with Gasteiger partial charge in [0.15, 0.2) is 0 Å². The van der Waals surface area contributed by atoms with Crippen molar-refractivity contribution in [1.29, 1.82) is 0 Å². The fourth-order valence-corrected chi connectivity index (χ4v) is 3.30. The van der Waals surface area contributed by atoms with Crippen molar-refractivity contribution in [2.45, 2.75) is 25.3 Å². The van der Waals surface area contributed by atoms with Crippen molar-refractivity contribution in [3.05, 3.63) is 30.1 Å². The molecule has 108 valence electrons. The number of hydrogen-bond acceptors (Lipinski definition) is 4. The van der Waals surface area contributed by atoms with Crippen LogP contribution >= 0.6 is 0 Å². The summed E-state index contributed by atoms with van der Waals surface area (Å²) < 4.78 is 13.8. The van der Waals surface area contributed by atoms with Crippen molar-refractivity contribution in [3.63, 3.8) is 0 Å². The summed E-state index contributed by atoms with van der Waals surface area (Å²) in [6.07, 6.45) is 3.06. The lowest BCUT2D eigenvalue weighted by atomic mass is 10.1. The first-order chi connectivity index (χ1) is 9.79. The SMILES string of the molecule is O/N=C1/CCCC1N1CCN(c2ccccc2F)CC1. The number of oxime groups is 1. The second kappa shape index (κ2) is 5.79. The molecule has 20 heavy (non-hydrogen) atoms. The summed E-state index contributed by atoms with van der Waals surface area (Å²) in [7, 11) is 0. The maximum atomic E-state index is 13.8. The number of piperazine rings is 1. The molecule has 0 spiro atoms. The van der Waals surface area contributed by atoms with E-state index < -0.39 is 0 Å². The summed E-state index contributed by atoms with van der Waals surface area (Å²) in [6.45, 7) is 3.41. The first-order valence-corrected chi connectivity index (χ1v) is 7.24. The zero-order chi connectivity index (χ0) is 13.9. The van der Waals surface area contributed by atoms with Crippen LogP contribution in [-0.4, -0.2) is 48.0 Å². The van der Waals surface area contributed by atoms with Crippen LogP contribution < -0.4 is 4.90 Å². The third-order valence-electron chi connectivity index (χ3n) is 4.37. The van der Waals surface area contributed by atoms with E-state index in [9.17, 15) is 4.39 Å². The Morgan fingerprint density at radius 1 is 1.15 bits per heavy atom. The Balaban J connectivity index is 1.64. The van der Waals surface area contributed by atoms with Crippen molar-refractivity contribution < 1.29 is 9.60 Å². The van der Waals surface area contributed by atoms with E-state index in [1.165, 1.54) is 6.07 Å². The Morgan fingerprint density at radius 3 is 2.60 bits per heavy atom. The molecule has 0 radical (unpaired) electrons. The molecule has 1 saturated carbocycles. The van der Waals surface area contributed by atoms with Crippen molar-refractivity contribution in [1.82, 2.24) is 4.90 Å². The Kier molecular flexibility index (Phi) is 3.87. The van der Waals surface area contributed by atoms with Gasteiger partial charge in [-0.2, -0.15) is 0 Å². The van der Waals surface area contributed by atoms with Crippen LogP contribution in [0.15, 0.2) is 29.4 Å². The molecule has 1 atom stereocenters. The molecule has 2 aliphatic rings. The van der Waals surface area contributed by atoms with Gasteiger partial charge in [-0.3, -0.25) is 4.90 Å². The Morgan fingerprint density at radius 2 is 1.90 bits per heavy atom. The van der Waals surface area contributed by atoms with Gasteiger partial charge in [0, 0.05) is 26.2 Å². The lowest BCUT2D eigenvalue weighted by Gasteiger charge is -2.39. The summed E-state index contributed by atoms with van der Waals surface area (Å²) in [5, 5.41) is 12.5. The monoisotopic (exact) mass is 277 g/mol. The standard InChI is InChI=1S/C15H20FN3O/c16-12-4-1-2-6-14(12)18-8-10-19(11-9-18)15-7-3-5-13(15)17-20/h1-2,4,6,15,20H,3,5,7-11H2/b17-13-. The number of anilines is 1. The van der Waals surface area contributed by atoms with E-state index in [-0.39, 0.29) is 11.9 Å². The maximum absolute atomic E-state index is 13.8. The predicted octanol–water partition coefficient (Wildman–Crippen LogP) is 2.33. The van der Waals surface area contributed by atoms with E-state index >= 15 is 0 Å². The van der Waals surface area contributed by atoms with Gasteiger partial charge in [-0.25, -0.2) is 4.39 Å². The van der Waals surface area contributed by atoms with E-state index in [1.54, 1.807) is 6.07 Å². The highest BCUT2D eigenvalue weighted by molar-refractivity contribution is 5.90. The molecule has 1 aromatic rings. The van der Waals surface area contributed by atoms with Gasteiger partial charge in [-0.1, -0.05) is 17.3 Å². The average Bonchev–Trinajstić information content (AvgIpc) is 2.96. The molecule has 4 nitrogen and oxygen atoms in total. The highest BCUT2D eigenvalue weighted by Gasteiger charge is 2.31. The fraction of sp³-hybridized carbons (Fsp3) is 0.533. The molecule has 1 aliphatic heterocycles. The van der Waals surface area contributed by atoms with Crippen molar-refractivity contribution in [3.8, 4) is 0 Å². The fourth-order valence-electron chi connectivity index (χ4n) is 3.30. The number of halogens is 1. The highest BCUT2D eigenvalue weighted by Crippen LogP contribution is 2.25. The molecule has 1 heterocycles. The Labute approximate surface area is 118 Å². The highest BCUT2D eigenvalue weighted by atomic mass is 19.1. The second-order valence-electron chi connectivity index (χ2n) is 5.47. The molecule has 5 heteroatoms. The third kappa shape index (κ3) is 2.50. The van der Waals surface area contributed by atoms with E-state index in [2.05, 4.69) is 15.0 Å². The van der Waals surface area contributed by atoms with Crippen LogP contribution in [-0.2, 0) is 0 Å². The lowest BCUT2D eigenvalue weighted by molar-refractivity contribution is 0.220. The maximum Gasteiger partial charge on any atom is 0.146 e. The molecule has 1 N–H and O–H groups in total. The zero-order valence-corrected chi connectivity index (χ0v) is 11.5. The summed E-state index contributed by atoms with van der Waals surface area (Å²) in [6, 6.07) is 7.22. The van der Waals surface area contributed by atoms with Crippen LogP contribution in [0.2, 0.25) is 0 Å². The molecule has 0 aromatic heterocycles. The van der Waals surface area contributed by atoms with E-state index in [4.69, 9.17) is 5.21 Å².